The Kier molecular flexibility index (Phi) is 4.00. The first-order chi connectivity index (χ1) is 10.9. The molecule has 1 N–H and O–H groups in total. The zero-order valence-corrected chi connectivity index (χ0v) is 14.0. The first-order valence-electron chi connectivity index (χ1n) is 6.98. The number of benzene rings is 2. The molecule has 0 saturated carbocycles. The standard InChI is InChI=1S/C18H13Cl2NO2/c1-9-3-4-10(2)17-16(9)13(18(22)23)8-15(21-17)12-6-5-11(19)7-14(12)20/h3-8H,1-2H3,(H,22,23). The molecule has 0 atom stereocenters. The first-order valence-corrected chi connectivity index (χ1v) is 7.73. The number of rotatable bonds is 2. The zero-order chi connectivity index (χ0) is 16.7. The van der Waals surface area contributed by atoms with E-state index >= 15 is 0 Å². The molecule has 0 unspecified atom stereocenters. The summed E-state index contributed by atoms with van der Waals surface area (Å²) in [6, 6.07) is 10.5. The third-order valence-corrected chi connectivity index (χ3v) is 4.36. The third kappa shape index (κ3) is 2.78. The Morgan fingerprint density at radius 2 is 1.74 bits per heavy atom. The lowest BCUT2D eigenvalue weighted by Crippen LogP contribution is -2.02. The second kappa shape index (κ2) is 5.84. The van der Waals surface area contributed by atoms with Gasteiger partial charge in [-0.2, -0.15) is 0 Å². The minimum absolute atomic E-state index is 0.220. The molecule has 0 aliphatic heterocycles. The summed E-state index contributed by atoms with van der Waals surface area (Å²) >= 11 is 12.2. The van der Waals surface area contributed by atoms with Crippen LogP contribution in [-0.2, 0) is 0 Å². The Morgan fingerprint density at radius 3 is 2.39 bits per heavy atom. The molecule has 3 nitrogen and oxygen atoms in total. The molecule has 0 amide bonds. The highest BCUT2D eigenvalue weighted by atomic mass is 35.5. The molecule has 1 heterocycles. The van der Waals surface area contributed by atoms with E-state index in [9.17, 15) is 9.90 Å². The molecule has 3 rings (SSSR count). The minimum atomic E-state index is -0.988. The van der Waals surface area contributed by atoms with E-state index in [1.165, 1.54) is 0 Å². The van der Waals surface area contributed by atoms with E-state index in [1.54, 1.807) is 24.3 Å². The van der Waals surface area contributed by atoms with Crippen molar-refractivity contribution in [3.8, 4) is 11.3 Å². The quantitative estimate of drug-likeness (QED) is 0.664. The molecule has 116 valence electrons. The Morgan fingerprint density at radius 1 is 1.04 bits per heavy atom. The van der Waals surface area contributed by atoms with Crippen LogP contribution in [0.25, 0.3) is 22.2 Å². The number of aromatic carboxylic acids is 1. The van der Waals surface area contributed by atoms with Gasteiger partial charge in [-0.05, 0) is 49.2 Å². The highest BCUT2D eigenvalue weighted by Crippen LogP contribution is 2.33. The topological polar surface area (TPSA) is 50.2 Å². The summed E-state index contributed by atoms with van der Waals surface area (Å²) < 4.78 is 0. The molecule has 0 bridgehead atoms. The molecule has 0 aliphatic rings. The maximum atomic E-state index is 11.7. The fourth-order valence-corrected chi connectivity index (χ4v) is 3.15. The lowest BCUT2D eigenvalue weighted by atomic mass is 9.98. The molecule has 2 aromatic carbocycles. The van der Waals surface area contributed by atoms with Gasteiger partial charge in [-0.1, -0.05) is 35.3 Å². The number of nitrogens with zero attached hydrogens (tertiary/aromatic N) is 1. The van der Waals surface area contributed by atoms with Crippen LogP contribution in [0.4, 0.5) is 0 Å². The molecule has 0 radical (unpaired) electrons. The van der Waals surface area contributed by atoms with E-state index in [-0.39, 0.29) is 5.56 Å². The number of hydrogen-bond acceptors (Lipinski definition) is 2. The molecule has 3 aromatic rings. The maximum Gasteiger partial charge on any atom is 0.336 e. The Bertz CT molecular complexity index is 951. The number of fused-ring (bicyclic) bond motifs is 1. The van der Waals surface area contributed by atoms with Gasteiger partial charge >= 0.3 is 5.97 Å². The van der Waals surface area contributed by atoms with Crippen LogP contribution >= 0.6 is 23.2 Å². The summed E-state index contributed by atoms with van der Waals surface area (Å²) in [6.07, 6.45) is 0. The van der Waals surface area contributed by atoms with Crippen LogP contribution in [0, 0.1) is 13.8 Å². The fourth-order valence-electron chi connectivity index (χ4n) is 2.65. The predicted molar refractivity (Wildman–Crippen MR) is 93.6 cm³/mol. The van der Waals surface area contributed by atoms with Gasteiger partial charge in [0.05, 0.1) is 21.8 Å². The lowest BCUT2D eigenvalue weighted by Gasteiger charge is -2.12. The lowest BCUT2D eigenvalue weighted by molar-refractivity contribution is 0.0699. The van der Waals surface area contributed by atoms with Crippen molar-refractivity contribution in [3.05, 3.63) is 63.1 Å². The van der Waals surface area contributed by atoms with Crippen molar-refractivity contribution in [2.75, 3.05) is 0 Å². The van der Waals surface area contributed by atoms with Gasteiger partial charge in [-0.3, -0.25) is 0 Å². The largest absolute Gasteiger partial charge is 0.478 e. The van der Waals surface area contributed by atoms with E-state index in [0.29, 0.717) is 32.2 Å². The van der Waals surface area contributed by atoms with Crippen LogP contribution in [0.3, 0.4) is 0 Å². The summed E-state index contributed by atoms with van der Waals surface area (Å²) in [7, 11) is 0. The second-order valence-corrected chi connectivity index (χ2v) is 6.25. The van der Waals surface area contributed by atoms with Crippen molar-refractivity contribution in [3.63, 3.8) is 0 Å². The highest BCUT2D eigenvalue weighted by Gasteiger charge is 2.17. The van der Waals surface area contributed by atoms with Crippen LogP contribution < -0.4 is 0 Å². The van der Waals surface area contributed by atoms with E-state index in [1.807, 2.05) is 26.0 Å². The van der Waals surface area contributed by atoms with Crippen molar-refractivity contribution in [1.29, 1.82) is 0 Å². The average Bonchev–Trinajstić information content (AvgIpc) is 2.50. The second-order valence-electron chi connectivity index (χ2n) is 5.41. The summed E-state index contributed by atoms with van der Waals surface area (Å²) in [4.78, 5) is 16.4. The van der Waals surface area contributed by atoms with E-state index in [4.69, 9.17) is 23.2 Å². The molecule has 1 aromatic heterocycles. The van der Waals surface area contributed by atoms with Crippen LogP contribution in [-0.4, -0.2) is 16.1 Å². The van der Waals surface area contributed by atoms with Crippen molar-refractivity contribution >= 4 is 40.1 Å². The summed E-state index contributed by atoms with van der Waals surface area (Å²) in [5, 5.41) is 11.2. The number of halogens is 2. The number of carboxylic acids is 1. The molecule has 23 heavy (non-hydrogen) atoms. The van der Waals surface area contributed by atoms with Gasteiger partial charge in [0.25, 0.3) is 0 Å². The van der Waals surface area contributed by atoms with Crippen molar-refractivity contribution in [2.45, 2.75) is 13.8 Å². The SMILES string of the molecule is Cc1ccc(C)c2c(C(=O)O)cc(-c3ccc(Cl)cc3Cl)nc12. The average molecular weight is 346 g/mol. The van der Waals surface area contributed by atoms with Crippen LogP contribution in [0.1, 0.15) is 21.5 Å². The molecule has 5 heteroatoms. The molecule has 0 saturated heterocycles. The van der Waals surface area contributed by atoms with E-state index in [2.05, 4.69) is 4.98 Å². The highest BCUT2D eigenvalue weighted by molar-refractivity contribution is 6.36. The predicted octanol–water partition coefficient (Wildman–Crippen LogP) is 5.52. The molecule has 0 aliphatic carbocycles. The summed E-state index contributed by atoms with van der Waals surface area (Å²) in [6.45, 7) is 3.79. The molecular weight excluding hydrogens is 333 g/mol. The zero-order valence-electron chi connectivity index (χ0n) is 12.5. The maximum absolute atomic E-state index is 11.7. The van der Waals surface area contributed by atoms with Crippen LogP contribution in [0.2, 0.25) is 10.0 Å². The third-order valence-electron chi connectivity index (χ3n) is 3.81. The van der Waals surface area contributed by atoms with Crippen LogP contribution in [0.15, 0.2) is 36.4 Å². The number of hydrogen-bond donors (Lipinski definition) is 1. The fraction of sp³-hybridized carbons (Fsp3) is 0.111. The number of pyridine rings is 1. The van der Waals surface area contributed by atoms with Gasteiger partial charge in [0.1, 0.15) is 0 Å². The van der Waals surface area contributed by atoms with Gasteiger partial charge < -0.3 is 5.11 Å². The Balaban J connectivity index is 2.40. The summed E-state index contributed by atoms with van der Waals surface area (Å²) in [5.74, 6) is -0.988. The number of aryl methyl sites for hydroxylation is 2. The number of carboxylic acid groups (broad SMARTS) is 1. The van der Waals surface area contributed by atoms with E-state index < -0.39 is 5.97 Å². The van der Waals surface area contributed by atoms with Crippen molar-refractivity contribution in [1.82, 2.24) is 4.98 Å². The van der Waals surface area contributed by atoms with Crippen molar-refractivity contribution in [2.24, 2.45) is 0 Å². The monoisotopic (exact) mass is 345 g/mol. The normalized spacial score (nSPS) is 11.0. The Labute approximate surface area is 143 Å². The Hall–Kier alpha value is -2.10. The first kappa shape index (κ1) is 15.8. The molecule has 0 spiro atoms. The smallest absolute Gasteiger partial charge is 0.336 e. The minimum Gasteiger partial charge on any atom is -0.478 e. The van der Waals surface area contributed by atoms with Gasteiger partial charge in [-0.15, -0.1) is 0 Å². The van der Waals surface area contributed by atoms with Gasteiger partial charge in [0, 0.05) is 16.0 Å². The molecular formula is C18H13Cl2NO2. The van der Waals surface area contributed by atoms with Gasteiger partial charge in [0.15, 0.2) is 0 Å². The van der Waals surface area contributed by atoms with E-state index in [0.717, 1.165) is 11.1 Å². The molecule has 0 fully saturated rings. The number of aromatic nitrogens is 1. The van der Waals surface area contributed by atoms with Gasteiger partial charge in [-0.25, -0.2) is 9.78 Å². The number of carbonyl (C=O) groups is 1. The van der Waals surface area contributed by atoms with Gasteiger partial charge in [0.2, 0.25) is 0 Å². The summed E-state index contributed by atoms with van der Waals surface area (Å²) in [5.41, 5.74) is 3.86. The van der Waals surface area contributed by atoms with Crippen LogP contribution in [0.5, 0.6) is 0 Å². The van der Waals surface area contributed by atoms with Crippen molar-refractivity contribution < 1.29 is 9.90 Å².